The molecule has 1 aromatic rings. The highest BCUT2D eigenvalue weighted by atomic mass is 79.9. The Morgan fingerprint density at radius 1 is 1.07 bits per heavy atom. The van der Waals surface area contributed by atoms with E-state index in [4.69, 9.17) is 4.74 Å². The summed E-state index contributed by atoms with van der Waals surface area (Å²) in [6, 6.07) is 6.31. The number of benzene rings is 1. The summed E-state index contributed by atoms with van der Waals surface area (Å²) in [6.07, 6.45) is 6.89. The average molecular weight is 485 g/mol. The number of amides is 1. The molecule has 2 N–H and O–H groups in total. The average Bonchev–Trinajstić information content (AvgIpc) is 2.63. The predicted octanol–water partition coefficient (Wildman–Crippen LogP) is 2.36. The molecule has 0 atom stereocenters. The Labute approximate surface area is 179 Å². The van der Waals surface area contributed by atoms with Crippen LogP contribution in [0.4, 0.5) is 0 Å². The van der Waals surface area contributed by atoms with E-state index in [-0.39, 0.29) is 16.3 Å². The van der Waals surface area contributed by atoms with E-state index in [1.165, 1.54) is 25.3 Å². The van der Waals surface area contributed by atoms with E-state index >= 15 is 0 Å². The van der Waals surface area contributed by atoms with E-state index < -0.39 is 29.1 Å². The molecule has 0 heterocycles. The number of halogens is 1. The van der Waals surface area contributed by atoms with Crippen molar-refractivity contribution in [3.63, 3.8) is 0 Å². The predicted molar refractivity (Wildman–Crippen MR) is 109 cm³/mol. The van der Waals surface area contributed by atoms with Crippen molar-refractivity contribution in [2.75, 3.05) is 13.2 Å². The molecule has 158 valence electrons. The van der Waals surface area contributed by atoms with Crippen molar-refractivity contribution in [2.45, 2.75) is 49.0 Å². The van der Waals surface area contributed by atoms with E-state index in [1.807, 2.05) is 0 Å². The summed E-state index contributed by atoms with van der Waals surface area (Å²) >= 11 is 3.18. The normalized spacial score (nSPS) is 30.2. The van der Waals surface area contributed by atoms with E-state index in [9.17, 15) is 18.0 Å². The van der Waals surface area contributed by atoms with E-state index in [2.05, 4.69) is 26.0 Å². The van der Waals surface area contributed by atoms with Gasteiger partial charge in [-0.1, -0.05) is 12.1 Å². The van der Waals surface area contributed by atoms with Crippen LogP contribution in [0.3, 0.4) is 0 Å². The van der Waals surface area contributed by atoms with Gasteiger partial charge in [-0.2, -0.15) is 4.72 Å². The third-order valence-electron chi connectivity index (χ3n) is 6.34. The lowest BCUT2D eigenvalue weighted by Gasteiger charge is -2.56. The highest BCUT2D eigenvalue weighted by Gasteiger charge is 2.51. The molecule has 9 heteroatoms. The molecule has 1 aromatic carbocycles. The van der Waals surface area contributed by atoms with Crippen LogP contribution in [0.5, 0.6) is 0 Å². The van der Waals surface area contributed by atoms with E-state index in [1.54, 1.807) is 18.2 Å². The van der Waals surface area contributed by atoms with Gasteiger partial charge in [0.1, 0.15) is 6.54 Å². The zero-order valence-electron chi connectivity index (χ0n) is 16.0. The molecule has 5 rings (SSSR count). The minimum atomic E-state index is -3.86. The van der Waals surface area contributed by atoms with Crippen LogP contribution >= 0.6 is 15.9 Å². The lowest BCUT2D eigenvalue weighted by atomic mass is 9.53. The van der Waals surface area contributed by atoms with Crippen LogP contribution in [-0.4, -0.2) is 39.0 Å². The fourth-order valence-electron chi connectivity index (χ4n) is 5.69. The van der Waals surface area contributed by atoms with Crippen molar-refractivity contribution in [2.24, 2.45) is 17.8 Å². The second-order valence-electron chi connectivity index (χ2n) is 8.66. The van der Waals surface area contributed by atoms with Gasteiger partial charge in [-0.3, -0.25) is 9.59 Å². The van der Waals surface area contributed by atoms with Gasteiger partial charge in [-0.25, -0.2) is 8.42 Å². The van der Waals surface area contributed by atoms with Gasteiger partial charge < -0.3 is 10.1 Å². The Morgan fingerprint density at radius 2 is 1.66 bits per heavy atom. The minimum Gasteiger partial charge on any atom is -0.455 e. The van der Waals surface area contributed by atoms with Gasteiger partial charge in [0, 0.05) is 10.0 Å². The SMILES string of the molecule is O=C(COC(=O)CNS(=O)(=O)c1ccccc1Br)NC12CC3CC(CC(C3)C1)C2. The standard InChI is InChI=1S/C20H25BrN2O5S/c21-16-3-1-2-4-17(16)29(26,27)22-11-19(25)28-12-18(24)23-20-8-13-5-14(9-20)7-15(6-13)10-20/h1-4,13-15,22H,5-12H2,(H,23,24). The number of ether oxygens (including phenoxy) is 1. The summed E-state index contributed by atoms with van der Waals surface area (Å²) in [7, 11) is -3.86. The number of esters is 1. The van der Waals surface area contributed by atoms with Crippen molar-refractivity contribution >= 4 is 37.8 Å². The molecule has 7 nitrogen and oxygen atoms in total. The van der Waals surface area contributed by atoms with Gasteiger partial charge in [0.25, 0.3) is 5.91 Å². The van der Waals surface area contributed by atoms with Gasteiger partial charge in [-0.15, -0.1) is 0 Å². The minimum absolute atomic E-state index is 0.0346. The Bertz CT molecular complexity index is 882. The highest BCUT2D eigenvalue weighted by molar-refractivity contribution is 9.10. The molecule has 4 bridgehead atoms. The maximum Gasteiger partial charge on any atom is 0.321 e. The molecule has 4 saturated carbocycles. The first-order valence-corrected chi connectivity index (χ1v) is 12.2. The Kier molecular flexibility index (Phi) is 5.74. The number of sulfonamides is 1. The topological polar surface area (TPSA) is 102 Å². The van der Waals surface area contributed by atoms with Crippen LogP contribution in [0.15, 0.2) is 33.6 Å². The largest absolute Gasteiger partial charge is 0.455 e. The number of rotatable bonds is 7. The smallest absolute Gasteiger partial charge is 0.321 e. The zero-order valence-corrected chi connectivity index (χ0v) is 18.4. The lowest BCUT2D eigenvalue weighted by Crippen LogP contribution is -2.60. The summed E-state index contributed by atoms with van der Waals surface area (Å²) in [6.45, 7) is -0.925. The molecule has 0 aliphatic heterocycles. The van der Waals surface area contributed by atoms with Crippen molar-refractivity contribution in [1.29, 1.82) is 0 Å². The molecule has 1 amide bonds. The fraction of sp³-hybridized carbons (Fsp3) is 0.600. The summed E-state index contributed by atoms with van der Waals surface area (Å²) < 4.78 is 32.2. The summed E-state index contributed by atoms with van der Waals surface area (Å²) in [4.78, 5) is 24.3. The van der Waals surface area contributed by atoms with Crippen LogP contribution in [0.1, 0.15) is 38.5 Å². The number of nitrogens with one attached hydrogen (secondary N) is 2. The monoisotopic (exact) mass is 484 g/mol. The molecule has 4 aliphatic carbocycles. The number of carbonyl (C=O) groups excluding carboxylic acids is 2. The number of hydrogen-bond donors (Lipinski definition) is 2. The van der Waals surface area contributed by atoms with Crippen molar-refractivity contribution in [3.05, 3.63) is 28.7 Å². The Balaban J connectivity index is 1.25. The summed E-state index contributed by atoms with van der Waals surface area (Å²) in [5, 5.41) is 3.12. The van der Waals surface area contributed by atoms with Crippen LogP contribution in [0, 0.1) is 17.8 Å². The number of carbonyl (C=O) groups is 2. The quantitative estimate of drug-likeness (QED) is 0.578. The molecule has 4 fully saturated rings. The lowest BCUT2D eigenvalue weighted by molar-refractivity contribution is -0.149. The first kappa shape index (κ1) is 20.8. The third-order valence-corrected chi connectivity index (χ3v) is 8.75. The molecule has 0 spiro atoms. The maximum atomic E-state index is 12.4. The number of hydrogen-bond acceptors (Lipinski definition) is 5. The molecular formula is C20H25BrN2O5S. The second kappa shape index (κ2) is 8.00. The van der Waals surface area contributed by atoms with Gasteiger partial charge in [0.15, 0.2) is 6.61 Å². The molecule has 0 saturated heterocycles. The van der Waals surface area contributed by atoms with Crippen molar-refractivity contribution < 1.29 is 22.7 Å². The van der Waals surface area contributed by atoms with Crippen LogP contribution in [-0.2, 0) is 24.3 Å². The third kappa shape index (κ3) is 4.67. The second-order valence-corrected chi connectivity index (χ2v) is 11.3. The molecule has 4 aliphatic rings. The van der Waals surface area contributed by atoms with Gasteiger partial charge >= 0.3 is 5.97 Å². The van der Waals surface area contributed by atoms with E-state index in [0.29, 0.717) is 22.2 Å². The van der Waals surface area contributed by atoms with Gasteiger partial charge in [0.2, 0.25) is 10.0 Å². The molecule has 0 aromatic heterocycles. The summed E-state index contributed by atoms with van der Waals surface area (Å²) in [5.41, 5.74) is -0.139. The molecule has 0 unspecified atom stereocenters. The first-order chi connectivity index (χ1) is 13.7. The van der Waals surface area contributed by atoms with Crippen molar-refractivity contribution in [1.82, 2.24) is 10.0 Å². The van der Waals surface area contributed by atoms with Crippen molar-refractivity contribution in [3.8, 4) is 0 Å². The van der Waals surface area contributed by atoms with Gasteiger partial charge in [0.05, 0.1) is 4.90 Å². The zero-order chi connectivity index (χ0) is 20.6. The van der Waals surface area contributed by atoms with Crippen LogP contribution < -0.4 is 10.0 Å². The fourth-order valence-corrected chi connectivity index (χ4v) is 7.66. The molecule has 0 radical (unpaired) electrons. The van der Waals surface area contributed by atoms with Crippen LogP contribution in [0.25, 0.3) is 0 Å². The molecular weight excluding hydrogens is 460 g/mol. The van der Waals surface area contributed by atoms with Crippen LogP contribution in [0.2, 0.25) is 0 Å². The molecule has 29 heavy (non-hydrogen) atoms. The highest BCUT2D eigenvalue weighted by Crippen LogP contribution is 2.55. The first-order valence-electron chi connectivity index (χ1n) is 9.95. The maximum absolute atomic E-state index is 12.4. The summed E-state index contributed by atoms with van der Waals surface area (Å²) in [5.74, 6) is 1.01. The van der Waals surface area contributed by atoms with E-state index in [0.717, 1.165) is 19.3 Å². The van der Waals surface area contributed by atoms with Gasteiger partial charge in [-0.05, 0) is 84.3 Å². The Morgan fingerprint density at radius 3 is 2.24 bits per heavy atom. The Hall–Kier alpha value is -1.45.